The molecule has 1 aromatic rings. The molecule has 1 aliphatic rings. The number of nitrogens with zero attached hydrogens (tertiary/aromatic N) is 1. The first-order chi connectivity index (χ1) is 9.48. The van der Waals surface area contributed by atoms with E-state index in [9.17, 15) is 13.6 Å². The highest BCUT2D eigenvalue weighted by atomic mass is 19.3. The molecule has 6 heteroatoms. The molecule has 1 fully saturated rings. The maximum absolute atomic E-state index is 13.0. The van der Waals surface area contributed by atoms with Crippen molar-refractivity contribution in [3.63, 3.8) is 0 Å². The lowest BCUT2D eigenvalue weighted by molar-refractivity contribution is -0.129. The minimum atomic E-state index is -2.57. The fourth-order valence-corrected chi connectivity index (χ4v) is 2.56. The molecule has 20 heavy (non-hydrogen) atoms. The normalized spacial score (nSPS) is 18.9. The van der Waals surface area contributed by atoms with Gasteiger partial charge in [0.15, 0.2) is 0 Å². The number of aromatic amines is 1. The summed E-state index contributed by atoms with van der Waals surface area (Å²) in [6.45, 7) is 2.54. The van der Waals surface area contributed by atoms with Crippen LogP contribution in [0.4, 0.5) is 8.78 Å². The third kappa shape index (κ3) is 4.02. The van der Waals surface area contributed by atoms with Crippen LogP contribution in [-0.4, -0.2) is 28.6 Å². The molecule has 1 amide bonds. The van der Waals surface area contributed by atoms with Crippen molar-refractivity contribution >= 4 is 5.91 Å². The first-order valence-electron chi connectivity index (χ1n) is 7.12. The summed E-state index contributed by atoms with van der Waals surface area (Å²) in [5, 5.41) is 9.66. The smallest absolute Gasteiger partial charge is 0.248 e. The van der Waals surface area contributed by atoms with Crippen molar-refractivity contribution in [2.75, 3.05) is 6.54 Å². The van der Waals surface area contributed by atoms with Gasteiger partial charge in [0, 0.05) is 31.0 Å². The van der Waals surface area contributed by atoms with E-state index in [1.807, 2.05) is 6.92 Å². The monoisotopic (exact) mass is 285 g/mol. The molecule has 0 atom stereocenters. The van der Waals surface area contributed by atoms with Gasteiger partial charge in [0.2, 0.25) is 11.8 Å². The summed E-state index contributed by atoms with van der Waals surface area (Å²) in [7, 11) is 0. The second kappa shape index (κ2) is 6.33. The van der Waals surface area contributed by atoms with Gasteiger partial charge in [-0.2, -0.15) is 5.10 Å². The van der Waals surface area contributed by atoms with Crippen LogP contribution in [0.2, 0.25) is 0 Å². The number of aromatic nitrogens is 2. The van der Waals surface area contributed by atoms with Crippen LogP contribution in [0.5, 0.6) is 0 Å². The molecule has 0 saturated heterocycles. The van der Waals surface area contributed by atoms with Crippen LogP contribution >= 0.6 is 0 Å². The summed E-state index contributed by atoms with van der Waals surface area (Å²) >= 11 is 0. The van der Waals surface area contributed by atoms with Crippen molar-refractivity contribution in [2.45, 2.75) is 51.4 Å². The van der Waals surface area contributed by atoms with Crippen LogP contribution in [0.15, 0.2) is 6.20 Å². The van der Waals surface area contributed by atoms with Crippen LogP contribution in [0.3, 0.4) is 0 Å². The van der Waals surface area contributed by atoms with Gasteiger partial charge in [0.25, 0.3) is 0 Å². The summed E-state index contributed by atoms with van der Waals surface area (Å²) < 4.78 is 26.0. The largest absolute Gasteiger partial charge is 0.356 e. The number of hydrogen-bond acceptors (Lipinski definition) is 2. The zero-order valence-corrected chi connectivity index (χ0v) is 11.7. The van der Waals surface area contributed by atoms with Gasteiger partial charge in [0.05, 0.1) is 6.20 Å². The van der Waals surface area contributed by atoms with Crippen LogP contribution in [-0.2, 0) is 11.2 Å². The van der Waals surface area contributed by atoms with Gasteiger partial charge in [-0.1, -0.05) is 0 Å². The summed E-state index contributed by atoms with van der Waals surface area (Å²) in [4.78, 5) is 11.9. The maximum atomic E-state index is 13.0. The van der Waals surface area contributed by atoms with E-state index >= 15 is 0 Å². The lowest BCUT2D eigenvalue weighted by Crippen LogP contribution is -2.36. The van der Waals surface area contributed by atoms with Crippen molar-refractivity contribution in [3.8, 4) is 0 Å². The molecular weight excluding hydrogens is 264 g/mol. The highest BCUT2D eigenvalue weighted by Crippen LogP contribution is 2.36. The molecule has 0 unspecified atom stereocenters. The second-order valence-electron chi connectivity index (χ2n) is 5.55. The Balaban J connectivity index is 1.65. The fourth-order valence-electron chi connectivity index (χ4n) is 2.56. The topological polar surface area (TPSA) is 57.8 Å². The van der Waals surface area contributed by atoms with Gasteiger partial charge in [-0.25, -0.2) is 8.78 Å². The predicted octanol–water partition coefficient (Wildman–Crippen LogP) is 2.59. The quantitative estimate of drug-likeness (QED) is 0.817. The Labute approximate surface area is 117 Å². The van der Waals surface area contributed by atoms with Crippen LogP contribution < -0.4 is 5.32 Å². The average molecular weight is 285 g/mol. The number of alkyl halides is 2. The molecule has 2 rings (SSSR count). The number of hydrogen-bond donors (Lipinski definition) is 2. The number of aryl methyl sites for hydroxylation is 2. The number of halogens is 2. The lowest BCUT2D eigenvalue weighted by Gasteiger charge is -2.27. The molecule has 1 heterocycles. The van der Waals surface area contributed by atoms with Gasteiger partial charge >= 0.3 is 0 Å². The summed E-state index contributed by atoms with van der Waals surface area (Å²) in [5.41, 5.74) is 2.20. The molecule has 1 aliphatic carbocycles. The predicted molar refractivity (Wildman–Crippen MR) is 71.6 cm³/mol. The number of carbonyl (C=O) groups is 1. The summed E-state index contributed by atoms with van der Waals surface area (Å²) in [6.07, 6.45) is 3.72. The Morgan fingerprint density at radius 1 is 1.50 bits per heavy atom. The molecule has 4 nitrogen and oxygen atoms in total. The Hall–Kier alpha value is -1.46. The van der Waals surface area contributed by atoms with Crippen LogP contribution in [0, 0.1) is 12.8 Å². The van der Waals surface area contributed by atoms with Gasteiger partial charge in [-0.05, 0) is 38.2 Å². The minimum Gasteiger partial charge on any atom is -0.356 e. The number of H-pyrrole nitrogens is 1. The van der Waals surface area contributed by atoms with Crippen molar-refractivity contribution in [1.29, 1.82) is 0 Å². The van der Waals surface area contributed by atoms with Gasteiger partial charge in [-0.3, -0.25) is 9.89 Å². The summed E-state index contributed by atoms with van der Waals surface area (Å²) in [6, 6.07) is 0. The van der Waals surface area contributed by atoms with Gasteiger partial charge in [-0.15, -0.1) is 0 Å². The van der Waals surface area contributed by atoms with Crippen molar-refractivity contribution in [1.82, 2.24) is 15.5 Å². The Morgan fingerprint density at radius 2 is 2.20 bits per heavy atom. The second-order valence-corrected chi connectivity index (χ2v) is 5.55. The third-order valence-corrected chi connectivity index (χ3v) is 3.94. The van der Waals surface area contributed by atoms with Crippen LogP contribution in [0.25, 0.3) is 0 Å². The van der Waals surface area contributed by atoms with E-state index < -0.39 is 5.92 Å². The fraction of sp³-hybridized carbons (Fsp3) is 0.714. The Kier molecular flexibility index (Phi) is 4.73. The molecule has 112 valence electrons. The van der Waals surface area contributed by atoms with E-state index in [1.165, 1.54) is 0 Å². The molecule has 0 spiro atoms. The Bertz CT molecular complexity index is 449. The van der Waals surface area contributed by atoms with E-state index in [-0.39, 0.29) is 24.7 Å². The van der Waals surface area contributed by atoms with Crippen molar-refractivity contribution in [3.05, 3.63) is 17.5 Å². The highest BCUT2D eigenvalue weighted by molar-refractivity contribution is 5.78. The average Bonchev–Trinajstić information content (AvgIpc) is 2.80. The first-order valence-corrected chi connectivity index (χ1v) is 7.12. The minimum absolute atomic E-state index is 0.0792. The van der Waals surface area contributed by atoms with Gasteiger partial charge in [0.1, 0.15) is 0 Å². The molecule has 0 radical (unpaired) electrons. The van der Waals surface area contributed by atoms with E-state index in [1.54, 1.807) is 6.20 Å². The molecule has 0 bridgehead atoms. The van der Waals surface area contributed by atoms with E-state index in [0.29, 0.717) is 19.4 Å². The molecule has 1 aromatic heterocycles. The van der Waals surface area contributed by atoms with E-state index in [0.717, 1.165) is 24.1 Å². The zero-order valence-electron chi connectivity index (χ0n) is 11.7. The number of amides is 1. The SMILES string of the molecule is Cc1[nH]ncc1CCCNC(=O)C1CCC(F)(F)CC1. The number of rotatable bonds is 5. The molecular formula is C14H21F2N3O. The standard InChI is InChI=1S/C14H21F2N3O/c1-10-12(9-18-19-10)3-2-8-17-13(20)11-4-6-14(15,16)7-5-11/h9,11H,2-8H2,1H3,(H,17,20)(H,18,19). The maximum Gasteiger partial charge on any atom is 0.248 e. The summed E-state index contributed by atoms with van der Waals surface area (Å²) in [5.74, 6) is -2.90. The molecule has 1 saturated carbocycles. The number of carbonyl (C=O) groups excluding carboxylic acids is 1. The van der Waals surface area contributed by atoms with Gasteiger partial charge < -0.3 is 5.32 Å². The molecule has 0 aliphatic heterocycles. The zero-order chi connectivity index (χ0) is 14.6. The van der Waals surface area contributed by atoms with Crippen LogP contribution in [0.1, 0.15) is 43.4 Å². The first kappa shape index (κ1) is 14.9. The van der Waals surface area contributed by atoms with E-state index in [2.05, 4.69) is 15.5 Å². The number of nitrogens with one attached hydrogen (secondary N) is 2. The van der Waals surface area contributed by atoms with E-state index in [4.69, 9.17) is 0 Å². The Morgan fingerprint density at radius 3 is 2.80 bits per heavy atom. The third-order valence-electron chi connectivity index (χ3n) is 3.94. The van der Waals surface area contributed by atoms with Crippen molar-refractivity contribution in [2.24, 2.45) is 5.92 Å². The molecule has 2 N–H and O–H groups in total. The van der Waals surface area contributed by atoms with Crippen molar-refractivity contribution < 1.29 is 13.6 Å². The highest BCUT2D eigenvalue weighted by Gasteiger charge is 2.37. The molecule has 0 aromatic carbocycles. The lowest BCUT2D eigenvalue weighted by atomic mass is 9.86.